The highest BCUT2D eigenvalue weighted by atomic mass is 16.4. The van der Waals surface area contributed by atoms with Crippen molar-refractivity contribution in [2.45, 2.75) is 25.6 Å². The molecule has 0 aliphatic rings. The predicted octanol–water partition coefficient (Wildman–Crippen LogP) is -0.616. The van der Waals surface area contributed by atoms with Crippen molar-refractivity contribution in [1.82, 2.24) is 20.3 Å². The number of benzene rings is 1. The first kappa shape index (κ1) is 17.9. The maximum Gasteiger partial charge on any atom is 0.305 e. The molecule has 0 bridgehead atoms. The number of carbonyl (C=O) groups is 2. The molecule has 0 aliphatic carbocycles. The highest BCUT2D eigenvalue weighted by Crippen LogP contribution is 2.16. The number of guanidine groups is 1. The molecule has 1 heterocycles. The number of carbonyl (C=O) groups excluding carboxylic acids is 1. The number of carboxylic acid groups (broad SMARTS) is 1. The first-order chi connectivity index (χ1) is 11.9. The number of nitrogens with zero attached hydrogens (tertiary/aromatic N) is 4. The summed E-state index contributed by atoms with van der Waals surface area (Å²) in [5, 5.41) is 19.4. The van der Waals surface area contributed by atoms with Gasteiger partial charge >= 0.3 is 5.97 Å². The standard InChI is InChI=1S/C15H19N7O3/c16-15(17)18-7-11-8-22(21-20-11)9-13(23)19-12(6-14(24)25)10-4-2-1-3-5-10/h1-5,8,12H,6-7,9H2,(H,19,23)(H,24,25)(H4,16,17,18)/t12-/m0/s1. The summed E-state index contributed by atoms with van der Waals surface area (Å²) in [6.07, 6.45) is 1.32. The van der Waals surface area contributed by atoms with Crippen LogP contribution in [0.4, 0.5) is 0 Å². The van der Waals surface area contributed by atoms with Gasteiger partial charge in [0.2, 0.25) is 5.91 Å². The molecule has 25 heavy (non-hydrogen) atoms. The molecular formula is C15H19N7O3. The zero-order valence-electron chi connectivity index (χ0n) is 13.4. The number of nitrogens with one attached hydrogen (secondary N) is 1. The molecule has 2 aromatic rings. The van der Waals surface area contributed by atoms with Crippen LogP contribution in [-0.2, 0) is 22.7 Å². The van der Waals surface area contributed by atoms with Crippen LogP contribution in [0.1, 0.15) is 23.7 Å². The van der Waals surface area contributed by atoms with E-state index < -0.39 is 12.0 Å². The Hall–Kier alpha value is -3.43. The molecule has 0 unspecified atom stereocenters. The average molecular weight is 345 g/mol. The van der Waals surface area contributed by atoms with E-state index in [-0.39, 0.29) is 31.4 Å². The van der Waals surface area contributed by atoms with Gasteiger partial charge in [-0.25, -0.2) is 9.67 Å². The van der Waals surface area contributed by atoms with Gasteiger partial charge in [0.25, 0.3) is 0 Å². The second kappa shape index (κ2) is 8.43. The number of amides is 1. The Morgan fingerprint density at radius 2 is 2.00 bits per heavy atom. The van der Waals surface area contributed by atoms with E-state index in [9.17, 15) is 9.59 Å². The van der Waals surface area contributed by atoms with Crippen molar-refractivity contribution >= 4 is 17.8 Å². The molecule has 1 aromatic carbocycles. The SMILES string of the molecule is NC(N)=NCc1cn(CC(=O)N[C@@H](CC(=O)O)c2ccccc2)nn1. The number of hydrogen-bond acceptors (Lipinski definition) is 5. The van der Waals surface area contributed by atoms with Crippen LogP contribution in [0.5, 0.6) is 0 Å². The number of carboxylic acids is 1. The van der Waals surface area contributed by atoms with Gasteiger partial charge in [-0.1, -0.05) is 35.5 Å². The van der Waals surface area contributed by atoms with E-state index in [1.807, 2.05) is 6.07 Å². The first-order valence-electron chi connectivity index (χ1n) is 7.44. The Balaban J connectivity index is 1.99. The molecule has 2 rings (SSSR count). The van der Waals surface area contributed by atoms with Crippen LogP contribution in [0.25, 0.3) is 0 Å². The monoisotopic (exact) mass is 345 g/mol. The predicted molar refractivity (Wildman–Crippen MR) is 89.1 cm³/mol. The molecule has 0 spiro atoms. The smallest absolute Gasteiger partial charge is 0.305 e. The lowest BCUT2D eigenvalue weighted by atomic mass is 10.0. The number of nitrogens with two attached hydrogens (primary N) is 2. The van der Waals surface area contributed by atoms with Crippen molar-refractivity contribution in [3.05, 3.63) is 47.8 Å². The number of rotatable bonds is 8. The summed E-state index contributed by atoms with van der Waals surface area (Å²) in [6, 6.07) is 8.27. The molecule has 132 valence electrons. The van der Waals surface area contributed by atoms with E-state index in [1.165, 1.54) is 4.68 Å². The second-order valence-corrected chi connectivity index (χ2v) is 5.28. The molecule has 0 saturated carbocycles. The van der Waals surface area contributed by atoms with E-state index in [4.69, 9.17) is 16.6 Å². The lowest BCUT2D eigenvalue weighted by molar-refractivity contribution is -0.137. The third-order valence-electron chi connectivity index (χ3n) is 3.23. The lowest BCUT2D eigenvalue weighted by Crippen LogP contribution is -2.33. The molecule has 0 radical (unpaired) electrons. The lowest BCUT2D eigenvalue weighted by Gasteiger charge is -2.17. The molecule has 1 amide bonds. The fourth-order valence-corrected chi connectivity index (χ4v) is 2.16. The van der Waals surface area contributed by atoms with Crippen molar-refractivity contribution < 1.29 is 14.7 Å². The van der Waals surface area contributed by atoms with Gasteiger partial charge in [0, 0.05) is 0 Å². The molecule has 1 aromatic heterocycles. The Bertz CT molecular complexity index is 753. The Morgan fingerprint density at radius 1 is 1.28 bits per heavy atom. The minimum absolute atomic E-state index is 0.0633. The van der Waals surface area contributed by atoms with E-state index in [0.29, 0.717) is 11.3 Å². The maximum atomic E-state index is 12.2. The van der Waals surface area contributed by atoms with Gasteiger partial charge in [-0.15, -0.1) is 5.10 Å². The number of aliphatic imine (C=N–C) groups is 1. The highest BCUT2D eigenvalue weighted by molar-refractivity contribution is 5.77. The number of aliphatic carboxylic acids is 1. The summed E-state index contributed by atoms with van der Waals surface area (Å²) in [5.41, 5.74) is 11.7. The van der Waals surface area contributed by atoms with Crippen molar-refractivity contribution in [3.8, 4) is 0 Å². The molecule has 0 aliphatic heterocycles. The summed E-state index contributed by atoms with van der Waals surface area (Å²) < 4.78 is 1.33. The second-order valence-electron chi connectivity index (χ2n) is 5.28. The van der Waals surface area contributed by atoms with Gasteiger partial charge in [0.1, 0.15) is 12.2 Å². The van der Waals surface area contributed by atoms with Gasteiger partial charge in [-0.05, 0) is 5.56 Å². The molecule has 1 atom stereocenters. The Morgan fingerprint density at radius 3 is 2.64 bits per heavy atom. The molecule has 10 nitrogen and oxygen atoms in total. The fourth-order valence-electron chi connectivity index (χ4n) is 2.16. The van der Waals surface area contributed by atoms with E-state index in [2.05, 4.69) is 20.6 Å². The minimum Gasteiger partial charge on any atom is -0.481 e. The molecular weight excluding hydrogens is 326 g/mol. The van der Waals surface area contributed by atoms with Crippen LogP contribution in [0.2, 0.25) is 0 Å². The topological polar surface area (TPSA) is 162 Å². The summed E-state index contributed by atoms with van der Waals surface area (Å²) in [4.78, 5) is 27.0. The Labute approximate surface area is 143 Å². The molecule has 10 heteroatoms. The van der Waals surface area contributed by atoms with Crippen molar-refractivity contribution in [1.29, 1.82) is 0 Å². The Kier molecular flexibility index (Phi) is 6.04. The van der Waals surface area contributed by atoms with Gasteiger partial charge in [0.15, 0.2) is 5.96 Å². The van der Waals surface area contributed by atoms with Crippen molar-refractivity contribution in [2.75, 3.05) is 0 Å². The fraction of sp³-hybridized carbons (Fsp3) is 0.267. The summed E-state index contributed by atoms with van der Waals surface area (Å²) in [6.45, 7) is 0.0629. The van der Waals surface area contributed by atoms with Gasteiger partial charge < -0.3 is 21.9 Å². The zero-order valence-corrected chi connectivity index (χ0v) is 13.4. The van der Waals surface area contributed by atoms with Crippen LogP contribution in [0, 0.1) is 0 Å². The van der Waals surface area contributed by atoms with Crippen molar-refractivity contribution in [2.24, 2.45) is 16.5 Å². The summed E-state index contributed by atoms with van der Waals surface area (Å²) in [5.74, 6) is -1.45. The van der Waals surface area contributed by atoms with Crippen LogP contribution in [0.3, 0.4) is 0 Å². The zero-order chi connectivity index (χ0) is 18.2. The van der Waals surface area contributed by atoms with Gasteiger partial charge in [-0.3, -0.25) is 9.59 Å². The van der Waals surface area contributed by atoms with Crippen LogP contribution >= 0.6 is 0 Å². The van der Waals surface area contributed by atoms with Crippen LogP contribution in [-0.4, -0.2) is 37.9 Å². The maximum absolute atomic E-state index is 12.2. The van der Waals surface area contributed by atoms with E-state index in [1.54, 1.807) is 30.5 Å². The van der Waals surface area contributed by atoms with Crippen molar-refractivity contribution in [3.63, 3.8) is 0 Å². The normalized spacial score (nSPS) is 11.5. The van der Waals surface area contributed by atoms with Crippen LogP contribution in [0.15, 0.2) is 41.5 Å². The molecule has 0 fully saturated rings. The molecule has 0 saturated heterocycles. The minimum atomic E-state index is -1.01. The third-order valence-corrected chi connectivity index (χ3v) is 3.23. The largest absolute Gasteiger partial charge is 0.481 e. The van der Waals surface area contributed by atoms with E-state index >= 15 is 0 Å². The van der Waals surface area contributed by atoms with E-state index in [0.717, 1.165) is 0 Å². The van der Waals surface area contributed by atoms with Crippen LogP contribution < -0.4 is 16.8 Å². The van der Waals surface area contributed by atoms with Gasteiger partial charge in [0.05, 0.1) is 25.2 Å². The number of hydrogen-bond donors (Lipinski definition) is 4. The summed E-state index contributed by atoms with van der Waals surface area (Å²) >= 11 is 0. The molecule has 6 N–H and O–H groups in total. The third kappa shape index (κ3) is 5.94. The first-order valence-corrected chi connectivity index (χ1v) is 7.44. The summed E-state index contributed by atoms with van der Waals surface area (Å²) in [7, 11) is 0. The average Bonchev–Trinajstić information content (AvgIpc) is 3.00. The highest BCUT2D eigenvalue weighted by Gasteiger charge is 2.18. The quantitative estimate of drug-likeness (QED) is 0.366. The van der Waals surface area contributed by atoms with Gasteiger partial charge in [-0.2, -0.15) is 0 Å². The number of aromatic nitrogens is 3.